The Hall–Kier alpha value is -2.84. The predicted octanol–water partition coefficient (Wildman–Crippen LogP) is 3.12. The van der Waals surface area contributed by atoms with Gasteiger partial charge in [0.15, 0.2) is 0 Å². The van der Waals surface area contributed by atoms with Gasteiger partial charge in [0, 0.05) is 18.8 Å². The van der Waals surface area contributed by atoms with E-state index in [0.717, 1.165) is 30.8 Å². The van der Waals surface area contributed by atoms with E-state index in [1.165, 1.54) is 0 Å². The van der Waals surface area contributed by atoms with Crippen LogP contribution in [-0.4, -0.2) is 29.1 Å². The standard InChI is InChI=1S/C18H16N4O/c19-13-14-7-9-15(10-8-14)17-20-11-4-12-21(20)18(23)22(17)16-5-2-1-3-6-16/h1-3,5-10,17H,4,11-12H2/t17-/m0/s1. The second-order valence-electron chi connectivity index (χ2n) is 5.74. The molecule has 0 aliphatic carbocycles. The van der Waals surface area contributed by atoms with Gasteiger partial charge < -0.3 is 0 Å². The van der Waals surface area contributed by atoms with Crippen LogP contribution >= 0.6 is 0 Å². The number of benzene rings is 2. The quantitative estimate of drug-likeness (QED) is 0.856. The molecule has 5 nitrogen and oxygen atoms in total. The van der Waals surface area contributed by atoms with Crippen LogP contribution in [0.4, 0.5) is 10.5 Å². The van der Waals surface area contributed by atoms with Crippen molar-refractivity contribution < 1.29 is 4.79 Å². The summed E-state index contributed by atoms with van der Waals surface area (Å²) in [5.41, 5.74) is 2.54. The number of amides is 2. The maximum atomic E-state index is 12.9. The summed E-state index contributed by atoms with van der Waals surface area (Å²) < 4.78 is 0. The molecule has 0 unspecified atom stereocenters. The number of rotatable bonds is 2. The third-order valence-electron chi connectivity index (χ3n) is 4.39. The molecule has 114 valence electrons. The Morgan fingerprint density at radius 1 is 1.00 bits per heavy atom. The summed E-state index contributed by atoms with van der Waals surface area (Å²) >= 11 is 0. The van der Waals surface area contributed by atoms with Gasteiger partial charge in [-0.25, -0.2) is 4.79 Å². The van der Waals surface area contributed by atoms with E-state index >= 15 is 0 Å². The zero-order valence-corrected chi connectivity index (χ0v) is 12.6. The maximum absolute atomic E-state index is 12.9. The Kier molecular flexibility index (Phi) is 3.25. The number of carbonyl (C=O) groups excluding carboxylic acids is 1. The molecule has 2 aliphatic heterocycles. The van der Waals surface area contributed by atoms with Gasteiger partial charge in [0.2, 0.25) is 0 Å². The fourth-order valence-corrected chi connectivity index (χ4v) is 3.34. The highest BCUT2D eigenvalue weighted by atomic mass is 16.2. The number of anilines is 1. The van der Waals surface area contributed by atoms with Gasteiger partial charge in [0.1, 0.15) is 6.17 Å². The number of nitrogens with zero attached hydrogens (tertiary/aromatic N) is 4. The highest BCUT2D eigenvalue weighted by Gasteiger charge is 2.47. The molecule has 0 saturated carbocycles. The minimum Gasteiger partial charge on any atom is -0.271 e. The summed E-state index contributed by atoms with van der Waals surface area (Å²) in [6, 6.07) is 19.4. The molecule has 0 bridgehead atoms. The molecular formula is C18H16N4O. The molecule has 2 aromatic carbocycles. The van der Waals surface area contributed by atoms with Crippen molar-refractivity contribution in [2.45, 2.75) is 12.6 Å². The molecule has 2 aliphatic rings. The second kappa shape index (κ2) is 5.41. The van der Waals surface area contributed by atoms with Gasteiger partial charge in [0.05, 0.1) is 11.6 Å². The first kappa shape index (κ1) is 13.8. The normalized spacial score (nSPS) is 20.7. The molecule has 0 radical (unpaired) electrons. The van der Waals surface area contributed by atoms with Crippen molar-refractivity contribution in [1.82, 2.24) is 10.0 Å². The molecule has 5 heteroatoms. The van der Waals surface area contributed by atoms with Gasteiger partial charge in [0.25, 0.3) is 0 Å². The van der Waals surface area contributed by atoms with Gasteiger partial charge >= 0.3 is 6.03 Å². The third kappa shape index (κ3) is 2.16. The van der Waals surface area contributed by atoms with Crippen molar-refractivity contribution in [3.63, 3.8) is 0 Å². The lowest BCUT2D eigenvalue weighted by Gasteiger charge is -2.28. The Morgan fingerprint density at radius 3 is 2.43 bits per heavy atom. The van der Waals surface area contributed by atoms with Crippen LogP contribution in [0.25, 0.3) is 0 Å². The highest BCUT2D eigenvalue weighted by Crippen LogP contribution is 2.40. The molecule has 0 spiro atoms. The number of hydrogen-bond donors (Lipinski definition) is 0. The number of hydrazine groups is 1. The molecule has 0 N–H and O–H groups in total. The van der Waals surface area contributed by atoms with Crippen molar-refractivity contribution in [3.8, 4) is 6.07 Å². The highest BCUT2D eigenvalue weighted by molar-refractivity contribution is 5.94. The van der Waals surface area contributed by atoms with E-state index < -0.39 is 0 Å². The first-order valence-corrected chi connectivity index (χ1v) is 7.72. The summed E-state index contributed by atoms with van der Waals surface area (Å²) in [4.78, 5) is 14.7. The lowest BCUT2D eigenvalue weighted by molar-refractivity contribution is 0.0728. The van der Waals surface area contributed by atoms with Crippen LogP contribution in [0.1, 0.15) is 23.7 Å². The van der Waals surface area contributed by atoms with Gasteiger partial charge in [-0.3, -0.25) is 9.91 Å². The number of hydrogen-bond acceptors (Lipinski definition) is 3. The number of para-hydroxylation sites is 1. The third-order valence-corrected chi connectivity index (χ3v) is 4.39. The summed E-state index contributed by atoms with van der Waals surface area (Å²) in [6.45, 7) is 1.62. The maximum Gasteiger partial charge on any atom is 0.340 e. The van der Waals surface area contributed by atoms with E-state index in [-0.39, 0.29) is 12.2 Å². The van der Waals surface area contributed by atoms with Crippen LogP contribution in [0.15, 0.2) is 54.6 Å². The average molecular weight is 304 g/mol. The lowest BCUT2D eigenvalue weighted by Crippen LogP contribution is -2.32. The van der Waals surface area contributed by atoms with Gasteiger partial charge in [-0.05, 0) is 36.2 Å². The van der Waals surface area contributed by atoms with Crippen LogP contribution < -0.4 is 4.90 Å². The Bertz CT molecular complexity index is 766. The van der Waals surface area contributed by atoms with Crippen LogP contribution in [0.3, 0.4) is 0 Å². The summed E-state index contributed by atoms with van der Waals surface area (Å²) in [7, 11) is 0. The minimum absolute atomic E-state index is 0.0167. The van der Waals surface area contributed by atoms with Crippen LogP contribution in [0, 0.1) is 11.3 Å². The fraction of sp³-hybridized carbons (Fsp3) is 0.222. The molecule has 23 heavy (non-hydrogen) atoms. The zero-order valence-electron chi connectivity index (χ0n) is 12.6. The first-order chi connectivity index (χ1) is 11.3. The van der Waals surface area contributed by atoms with Gasteiger partial charge in [-0.1, -0.05) is 30.3 Å². The average Bonchev–Trinajstić information content (AvgIpc) is 3.18. The van der Waals surface area contributed by atoms with Crippen molar-refractivity contribution in [2.75, 3.05) is 18.0 Å². The molecule has 2 fully saturated rings. The number of nitriles is 1. The van der Waals surface area contributed by atoms with Gasteiger partial charge in [-0.2, -0.15) is 10.3 Å². The first-order valence-electron chi connectivity index (χ1n) is 7.72. The molecule has 2 heterocycles. The largest absolute Gasteiger partial charge is 0.340 e. The van der Waals surface area contributed by atoms with Crippen LogP contribution in [-0.2, 0) is 0 Å². The van der Waals surface area contributed by atoms with Crippen molar-refractivity contribution in [1.29, 1.82) is 5.26 Å². The topological polar surface area (TPSA) is 50.6 Å². The molecule has 0 aromatic heterocycles. The summed E-state index contributed by atoms with van der Waals surface area (Å²) in [5.74, 6) is 0. The molecule has 2 amide bonds. The number of fused-ring (bicyclic) bond motifs is 1. The van der Waals surface area contributed by atoms with E-state index in [0.29, 0.717) is 5.56 Å². The predicted molar refractivity (Wildman–Crippen MR) is 86.2 cm³/mol. The van der Waals surface area contributed by atoms with Crippen LogP contribution in [0.5, 0.6) is 0 Å². The number of urea groups is 1. The SMILES string of the molecule is N#Cc1ccc([C@@H]2N(c3ccccc3)C(=O)N3CCCN23)cc1. The molecule has 2 saturated heterocycles. The monoisotopic (exact) mass is 304 g/mol. The molecular weight excluding hydrogens is 288 g/mol. The second-order valence-corrected chi connectivity index (χ2v) is 5.74. The van der Waals surface area contributed by atoms with Crippen molar-refractivity contribution >= 4 is 11.7 Å². The number of carbonyl (C=O) groups is 1. The zero-order chi connectivity index (χ0) is 15.8. The summed E-state index contributed by atoms with van der Waals surface area (Å²) in [5, 5.41) is 12.9. The van der Waals surface area contributed by atoms with E-state index in [2.05, 4.69) is 11.1 Å². The Balaban J connectivity index is 1.79. The minimum atomic E-state index is -0.153. The Labute approximate surface area is 134 Å². The van der Waals surface area contributed by atoms with E-state index in [1.54, 1.807) is 0 Å². The molecule has 1 atom stereocenters. The van der Waals surface area contributed by atoms with Crippen molar-refractivity contribution in [3.05, 3.63) is 65.7 Å². The smallest absolute Gasteiger partial charge is 0.271 e. The van der Waals surface area contributed by atoms with Gasteiger partial charge in [-0.15, -0.1) is 0 Å². The van der Waals surface area contributed by atoms with Crippen molar-refractivity contribution in [2.24, 2.45) is 0 Å². The lowest BCUT2D eigenvalue weighted by atomic mass is 10.1. The van der Waals surface area contributed by atoms with E-state index in [9.17, 15) is 4.79 Å². The van der Waals surface area contributed by atoms with Crippen LogP contribution in [0.2, 0.25) is 0 Å². The molecule has 2 aromatic rings. The fourth-order valence-electron chi connectivity index (χ4n) is 3.34. The Morgan fingerprint density at radius 2 is 1.74 bits per heavy atom. The van der Waals surface area contributed by atoms with E-state index in [4.69, 9.17) is 5.26 Å². The summed E-state index contributed by atoms with van der Waals surface area (Å²) in [6.07, 6.45) is 0.835. The van der Waals surface area contributed by atoms with E-state index in [1.807, 2.05) is 64.5 Å². The molecule has 4 rings (SSSR count).